The average molecular weight is 223 g/mol. The normalized spacial score (nSPS) is 10.8. The number of aldehydes is 1. The standard InChI is InChI=1S/C15H11O2/c16-11-15(12-17,13-7-3-1-4-8-13)14-9-5-2-6-10-14/h1-11H. The van der Waals surface area contributed by atoms with Crippen molar-refractivity contribution >= 4 is 12.6 Å². The summed E-state index contributed by atoms with van der Waals surface area (Å²) in [6, 6.07) is 17.9. The van der Waals surface area contributed by atoms with Crippen LogP contribution >= 0.6 is 0 Å². The molecule has 2 aromatic carbocycles. The van der Waals surface area contributed by atoms with Crippen molar-refractivity contribution in [2.45, 2.75) is 5.41 Å². The topological polar surface area (TPSA) is 34.1 Å². The Bertz CT molecular complexity index is 453. The molecule has 2 aromatic rings. The van der Waals surface area contributed by atoms with Gasteiger partial charge in [0.15, 0.2) is 0 Å². The van der Waals surface area contributed by atoms with E-state index in [1.807, 2.05) is 18.4 Å². The Balaban J connectivity index is 2.62. The quantitative estimate of drug-likeness (QED) is 0.588. The Morgan fingerprint density at radius 1 is 0.824 bits per heavy atom. The molecule has 0 heterocycles. The number of benzene rings is 2. The van der Waals surface area contributed by atoms with Gasteiger partial charge in [0.1, 0.15) is 11.7 Å². The molecule has 0 aliphatic carbocycles. The number of hydrogen-bond acceptors (Lipinski definition) is 2. The maximum absolute atomic E-state index is 11.4. The van der Waals surface area contributed by atoms with Crippen molar-refractivity contribution in [3.05, 3.63) is 71.8 Å². The van der Waals surface area contributed by atoms with Crippen LogP contribution in [0.1, 0.15) is 11.1 Å². The Labute approximate surface area is 99.9 Å². The van der Waals surface area contributed by atoms with Gasteiger partial charge in [0.05, 0.1) is 0 Å². The van der Waals surface area contributed by atoms with E-state index in [0.717, 1.165) is 0 Å². The Kier molecular flexibility index (Phi) is 3.15. The average Bonchev–Trinajstić information content (AvgIpc) is 2.43. The first-order valence-corrected chi connectivity index (χ1v) is 5.30. The summed E-state index contributed by atoms with van der Waals surface area (Å²) >= 11 is 0. The highest BCUT2D eigenvalue weighted by molar-refractivity contribution is 5.97. The molecule has 1 radical (unpaired) electrons. The van der Waals surface area contributed by atoms with Gasteiger partial charge >= 0.3 is 0 Å². The van der Waals surface area contributed by atoms with Crippen molar-refractivity contribution in [1.29, 1.82) is 0 Å². The zero-order chi connectivity index (χ0) is 12.1. The number of carbonyl (C=O) groups excluding carboxylic acids is 2. The highest BCUT2D eigenvalue weighted by Gasteiger charge is 2.34. The van der Waals surface area contributed by atoms with Crippen LogP contribution in [0.25, 0.3) is 0 Å². The minimum Gasteiger partial charge on any atom is -0.301 e. The second-order valence-electron chi connectivity index (χ2n) is 3.76. The van der Waals surface area contributed by atoms with Crippen molar-refractivity contribution < 1.29 is 9.59 Å². The number of carbonyl (C=O) groups is 1. The maximum Gasteiger partial charge on any atom is 0.222 e. The fourth-order valence-electron chi connectivity index (χ4n) is 1.85. The van der Waals surface area contributed by atoms with E-state index < -0.39 is 5.41 Å². The molecule has 17 heavy (non-hydrogen) atoms. The Morgan fingerprint density at radius 2 is 1.24 bits per heavy atom. The molecule has 0 atom stereocenters. The maximum atomic E-state index is 11.4. The van der Waals surface area contributed by atoms with Gasteiger partial charge < -0.3 is 4.79 Å². The third-order valence-corrected chi connectivity index (χ3v) is 2.80. The highest BCUT2D eigenvalue weighted by Crippen LogP contribution is 2.28. The van der Waals surface area contributed by atoms with E-state index in [9.17, 15) is 9.59 Å². The lowest BCUT2D eigenvalue weighted by Crippen LogP contribution is -2.31. The second kappa shape index (κ2) is 4.74. The Morgan fingerprint density at radius 3 is 1.53 bits per heavy atom. The third-order valence-electron chi connectivity index (χ3n) is 2.80. The summed E-state index contributed by atoms with van der Waals surface area (Å²) in [6.45, 7) is 0. The monoisotopic (exact) mass is 223 g/mol. The predicted octanol–water partition coefficient (Wildman–Crippen LogP) is 2.28. The van der Waals surface area contributed by atoms with Gasteiger partial charge in [-0.1, -0.05) is 60.7 Å². The molecule has 0 spiro atoms. The van der Waals surface area contributed by atoms with Gasteiger partial charge in [-0.2, -0.15) is 0 Å². The lowest BCUT2D eigenvalue weighted by atomic mass is 9.77. The molecular formula is C15H11O2. The fourth-order valence-corrected chi connectivity index (χ4v) is 1.85. The highest BCUT2D eigenvalue weighted by atomic mass is 16.1. The summed E-state index contributed by atoms with van der Waals surface area (Å²) in [4.78, 5) is 22.7. The molecule has 0 saturated heterocycles. The molecule has 0 saturated carbocycles. The van der Waals surface area contributed by atoms with Crippen molar-refractivity contribution in [1.82, 2.24) is 0 Å². The lowest BCUT2D eigenvalue weighted by Gasteiger charge is -2.21. The van der Waals surface area contributed by atoms with Gasteiger partial charge in [-0.25, -0.2) is 0 Å². The smallest absolute Gasteiger partial charge is 0.222 e. The summed E-state index contributed by atoms with van der Waals surface area (Å²) in [5.74, 6) is 0. The van der Waals surface area contributed by atoms with E-state index >= 15 is 0 Å². The first-order valence-electron chi connectivity index (χ1n) is 5.30. The van der Waals surface area contributed by atoms with Gasteiger partial charge in [0.2, 0.25) is 6.29 Å². The molecule has 83 valence electrons. The van der Waals surface area contributed by atoms with Crippen molar-refractivity contribution in [3.63, 3.8) is 0 Å². The van der Waals surface area contributed by atoms with Crippen LogP contribution in [0.2, 0.25) is 0 Å². The molecule has 2 heteroatoms. The largest absolute Gasteiger partial charge is 0.301 e. The first-order chi connectivity index (χ1) is 8.33. The van der Waals surface area contributed by atoms with Crippen LogP contribution in [0, 0.1) is 0 Å². The van der Waals surface area contributed by atoms with E-state index in [1.54, 1.807) is 48.5 Å². The van der Waals surface area contributed by atoms with Gasteiger partial charge in [-0.05, 0) is 11.1 Å². The first kappa shape index (κ1) is 11.3. The third kappa shape index (κ3) is 1.89. The number of hydrogen-bond donors (Lipinski definition) is 0. The lowest BCUT2D eigenvalue weighted by molar-refractivity contribution is -0.109. The molecule has 0 fully saturated rings. The molecule has 2 nitrogen and oxygen atoms in total. The molecule has 2 rings (SSSR count). The van der Waals surface area contributed by atoms with Gasteiger partial charge in [0.25, 0.3) is 0 Å². The fraction of sp³-hybridized carbons (Fsp3) is 0.0667. The van der Waals surface area contributed by atoms with Gasteiger partial charge in [-0.3, -0.25) is 4.79 Å². The summed E-state index contributed by atoms with van der Waals surface area (Å²) in [7, 11) is 0. The molecular weight excluding hydrogens is 212 g/mol. The summed E-state index contributed by atoms with van der Waals surface area (Å²) < 4.78 is 0. The van der Waals surface area contributed by atoms with E-state index in [2.05, 4.69) is 0 Å². The molecule has 0 aliphatic rings. The van der Waals surface area contributed by atoms with Crippen LogP contribution in [0.5, 0.6) is 0 Å². The van der Waals surface area contributed by atoms with Crippen LogP contribution in [0.3, 0.4) is 0 Å². The van der Waals surface area contributed by atoms with Crippen LogP contribution in [0.15, 0.2) is 60.7 Å². The minimum atomic E-state index is -1.32. The predicted molar refractivity (Wildman–Crippen MR) is 65.4 cm³/mol. The van der Waals surface area contributed by atoms with Crippen LogP contribution in [-0.2, 0) is 15.0 Å². The molecule has 0 N–H and O–H groups in total. The van der Waals surface area contributed by atoms with E-state index in [-0.39, 0.29) is 0 Å². The van der Waals surface area contributed by atoms with Crippen LogP contribution in [0.4, 0.5) is 0 Å². The van der Waals surface area contributed by atoms with E-state index in [1.165, 1.54) is 0 Å². The molecule has 0 aliphatic heterocycles. The minimum absolute atomic E-state index is 0.635. The SMILES string of the molecule is O=[C]C(C=O)(c1ccccc1)c1ccccc1. The van der Waals surface area contributed by atoms with E-state index in [4.69, 9.17) is 0 Å². The van der Waals surface area contributed by atoms with Crippen molar-refractivity contribution in [2.24, 2.45) is 0 Å². The van der Waals surface area contributed by atoms with Gasteiger partial charge in [0, 0.05) is 0 Å². The Hall–Kier alpha value is -2.22. The second-order valence-corrected chi connectivity index (χ2v) is 3.76. The molecule has 0 amide bonds. The molecule has 0 bridgehead atoms. The van der Waals surface area contributed by atoms with Crippen LogP contribution < -0.4 is 0 Å². The van der Waals surface area contributed by atoms with Gasteiger partial charge in [-0.15, -0.1) is 0 Å². The summed E-state index contributed by atoms with van der Waals surface area (Å²) in [6.07, 6.45) is 2.52. The summed E-state index contributed by atoms with van der Waals surface area (Å²) in [5, 5.41) is 0. The number of rotatable bonds is 4. The van der Waals surface area contributed by atoms with Crippen molar-refractivity contribution in [3.8, 4) is 0 Å². The molecule has 0 unspecified atom stereocenters. The molecule has 0 aromatic heterocycles. The zero-order valence-corrected chi connectivity index (χ0v) is 9.17. The van der Waals surface area contributed by atoms with Crippen LogP contribution in [-0.4, -0.2) is 12.6 Å². The summed E-state index contributed by atoms with van der Waals surface area (Å²) in [5.41, 5.74) is -0.0462. The zero-order valence-electron chi connectivity index (χ0n) is 9.17. The van der Waals surface area contributed by atoms with Crippen molar-refractivity contribution in [2.75, 3.05) is 0 Å². The van der Waals surface area contributed by atoms with E-state index in [0.29, 0.717) is 17.4 Å².